The predicted molar refractivity (Wildman–Crippen MR) is 67.6 cm³/mol. The highest BCUT2D eigenvalue weighted by Gasteiger charge is 2.18. The van der Waals surface area contributed by atoms with Crippen LogP contribution in [0.25, 0.3) is 0 Å². The third-order valence-corrected chi connectivity index (χ3v) is 1.92. The number of hydrogen-bond acceptors (Lipinski definition) is 5. The summed E-state index contributed by atoms with van der Waals surface area (Å²) >= 11 is 0. The van der Waals surface area contributed by atoms with Gasteiger partial charge in [0, 0.05) is 0 Å². The number of aromatic carboxylic acids is 1. The van der Waals surface area contributed by atoms with Crippen molar-refractivity contribution in [1.29, 1.82) is 0 Å². The molecule has 0 bridgehead atoms. The minimum absolute atomic E-state index is 0.0257. The molecule has 7 heteroatoms. The molecule has 1 rings (SSSR count). The number of carbonyl (C=O) groups excluding carboxylic acids is 1. The van der Waals surface area contributed by atoms with Crippen molar-refractivity contribution in [3.63, 3.8) is 0 Å². The standard InChI is InChI=1S/C12H16N2O5/c1-12(2,3)19-11(17)14-7-5-8(10(15)16)9(18-4)13-6-7/h5-6H,1-4H3,(H,14,17)(H,15,16). The van der Waals surface area contributed by atoms with Crippen LogP contribution in [0.15, 0.2) is 12.3 Å². The molecular weight excluding hydrogens is 252 g/mol. The van der Waals surface area contributed by atoms with Crippen LogP contribution < -0.4 is 10.1 Å². The number of methoxy groups -OCH3 is 1. The summed E-state index contributed by atoms with van der Waals surface area (Å²) in [5, 5.41) is 11.4. The van der Waals surface area contributed by atoms with Crippen LogP contribution in [-0.2, 0) is 4.74 Å². The first-order valence-corrected chi connectivity index (χ1v) is 5.50. The van der Waals surface area contributed by atoms with Crippen LogP contribution in [0.2, 0.25) is 0 Å². The molecule has 1 aromatic heterocycles. The quantitative estimate of drug-likeness (QED) is 0.871. The SMILES string of the molecule is COc1ncc(NC(=O)OC(C)(C)C)cc1C(=O)O. The Hall–Kier alpha value is -2.31. The van der Waals surface area contributed by atoms with Gasteiger partial charge in [0.25, 0.3) is 0 Å². The van der Waals surface area contributed by atoms with E-state index < -0.39 is 17.7 Å². The first-order valence-electron chi connectivity index (χ1n) is 5.50. The molecular formula is C12H16N2O5. The number of aromatic nitrogens is 1. The van der Waals surface area contributed by atoms with E-state index >= 15 is 0 Å². The Morgan fingerprint density at radius 2 is 2.00 bits per heavy atom. The first kappa shape index (κ1) is 14.7. The minimum atomic E-state index is -1.20. The van der Waals surface area contributed by atoms with Gasteiger partial charge in [-0.2, -0.15) is 0 Å². The Morgan fingerprint density at radius 1 is 1.37 bits per heavy atom. The van der Waals surface area contributed by atoms with E-state index in [4.69, 9.17) is 14.6 Å². The number of pyridine rings is 1. The Bertz CT molecular complexity index is 493. The monoisotopic (exact) mass is 268 g/mol. The summed E-state index contributed by atoms with van der Waals surface area (Å²) in [7, 11) is 1.32. The number of amides is 1. The summed E-state index contributed by atoms with van der Waals surface area (Å²) in [5.74, 6) is -1.22. The Balaban J connectivity index is 2.88. The van der Waals surface area contributed by atoms with Gasteiger partial charge in [-0.25, -0.2) is 14.6 Å². The lowest BCUT2D eigenvalue weighted by Gasteiger charge is -2.19. The van der Waals surface area contributed by atoms with Crippen molar-refractivity contribution in [1.82, 2.24) is 4.98 Å². The van der Waals surface area contributed by atoms with Crippen LogP contribution in [0.1, 0.15) is 31.1 Å². The normalized spacial score (nSPS) is 10.7. The summed E-state index contributed by atoms with van der Waals surface area (Å²) in [6.45, 7) is 5.17. The van der Waals surface area contributed by atoms with E-state index in [9.17, 15) is 9.59 Å². The summed E-state index contributed by atoms with van der Waals surface area (Å²) < 4.78 is 9.85. The van der Waals surface area contributed by atoms with Crippen LogP contribution in [0.3, 0.4) is 0 Å². The number of carbonyl (C=O) groups is 2. The molecule has 0 spiro atoms. The van der Waals surface area contributed by atoms with Crippen LogP contribution >= 0.6 is 0 Å². The zero-order valence-electron chi connectivity index (χ0n) is 11.2. The molecule has 1 heterocycles. The zero-order valence-corrected chi connectivity index (χ0v) is 11.2. The van der Waals surface area contributed by atoms with Gasteiger partial charge in [-0.3, -0.25) is 5.32 Å². The van der Waals surface area contributed by atoms with Crippen molar-refractivity contribution in [3.05, 3.63) is 17.8 Å². The highest BCUT2D eigenvalue weighted by atomic mass is 16.6. The molecule has 1 amide bonds. The maximum atomic E-state index is 11.5. The first-order chi connectivity index (χ1) is 8.73. The fourth-order valence-electron chi connectivity index (χ4n) is 1.26. The third kappa shape index (κ3) is 4.46. The Labute approximate surface area is 110 Å². The van der Waals surface area contributed by atoms with E-state index in [2.05, 4.69) is 10.3 Å². The molecule has 0 aliphatic heterocycles. The molecule has 104 valence electrons. The number of nitrogens with one attached hydrogen (secondary N) is 1. The number of carboxylic acids is 1. The third-order valence-electron chi connectivity index (χ3n) is 1.92. The van der Waals surface area contributed by atoms with Crippen molar-refractivity contribution in [2.24, 2.45) is 0 Å². The predicted octanol–water partition coefficient (Wildman–Crippen LogP) is 2.14. The van der Waals surface area contributed by atoms with Crippen LogP contribution in [-0.4, -0.2) is 34.9 Å². The molecule has 0 radical (unpaired) electrons. The molecule has 0 aliphatic rings. The average Bonchev–Trinajstić information content (AvgIpc) is 2.26. The van der Waals surface area contributed by atoms with E-state index in [-0.39, 0.29) is 17.1 Å². The second kappa shape index (κ2) is 5.55. The van der Waals surface area contributed by atoms with Gasteiger partial charge in [0.1, 0.15) is 11.2 Å². The molecule has 7 nitrogen and oxygen atoms in total. The van der Waals surface area contributed by atoms with Crippen molar-refractivity contribution in [2.45, 2.75) is 26.4 Å². The molecule has 19 heavy (non-hydrogen) atoms. The van der Waals surface area contributed by atoms with Crippen LogP contribution in [0.5, 0.6) is 5.88 Å². The molecule has 0 saturated carbocycles. The number of rotatable bonds is 3. The molecule has 0 fully saturated rings. The second-order valence-electron chi connectivity index (χ2n) is 4.71. The fraction of sp³-hybridized carbons (Fsp3) is 0.417. The van der Waals surface area contributed by atoms with Gasteiger partial charge in [0.2, 0.25) is 5.88 Å². The van der Waals surface area contributed by atoms with E-state index in [1.165, 1.54) is 19.4 Å². The lowest BCUT2D eigenvalue weighted by atomic mass is 10.2. The van der Waals surface area contributed by atoms with Gasteiger partial charge in [0.15, 0.2) is 0 Å². The lowest BCUT2D eigenvalue weighted by molar-refractivity contribution is 0.0632. The van der Waals surface area contributed by atoms with Crippen LogP contribution in [0.4, 0.5) is 10.5 Å². The molecule has 1 aromatic rings. The summed E-state index contributed by atoms with van der Waals surface area (Å²) in [4.78, 5) is 26.3. The molecule has 0 saturated heterocycles. The molecule has 0 atom stereocenters. The van der Waals surface area contributed by atoms with Crippen molar-refractivity contribution in [2.75, 3.05) is 12.4 Å². The molecule has 0 aromatic carbocycles. The van der Waals surface area contributed by atoms with Crippen molar-refractivity contribution in [3.8, 4) is 5.88 Å². The molecule has 2 N–H and O–H groups in total. The van der Waals surface area contributed by atoms with Gasteiger partial charge < -0.3 is 14.6 Å². The molecule has 0 unspecified atom stereocenters. The van der Waals surface area contributed by atoms with Crippen LogP contribution in [0, 0.1) is 0 Å². The number of ether oxygens (including phenoxy) is 2. The lowest BCUT2D eigenvalue weighted by Crippen LogP contribution is -2.27. The van der Waals surface area contributed by atoms with Gasteiger partial charge in [-0.15, -0.1) is 0 Å². The fourth-order valence-corrected chi connectivity index (χ4v) is 1.26. The number of nitrogens with zero attached hydrogens (tertiary/aromatic N) is 1. The highest BCUT2D eigenvalue weighted by molar-refractivity contribution is 5.93. The number of carboxylic acid groups (broad SMARTS) is 1. The smallest absolute Gasteiger partial charge is 0.412 e. The summed E-state index contributed by atoms with van der Waals surface area (Å²) in [5.41, 5.74) is -0.567. The van der Waals surface area contributed by atoms with E-state index in [1.807, 2.05) is 0 Å². The summed E-state index contributed by atoms with van der Waals surface area (Å²) in [6.07, 6.45) is 0.602. The maximum absolute atomic E-state index is 11.5. The van der Waals surface area contributed by atoms with Gasteiger partial charge >= 0.3 is 12.1 Å². The maximum Gasteiger partial charge on any atom is 0.412 e. The Kier molecular flexibility index (Phi) is 4.31. The van der Waals surface area contributed by atoms with Gasteiger partial charge in [-0.05, 0) is 26.8 Å². The summed E-state index contributed by atoms with van der Waals surface area (Å²) in [6, 6.07) is 1.25. The number of hydrogen-bond donors (Lipinski definition) is 2. The van der Waals surface area contributed by atoms with Crippen molar-refractivity contribution >= 4 is 17.7 Å². The van der Waals surface area contributed by atoms with E-state index in [0.29, 0.717) is 0 Å². The van der Waals surface area contributed by atoms with Gasteiger partial charge in [0.05, 0.1) is 19.0 Å². The van der Waals surface area contributed by atoms with E-state index in [1.54, 1.807) is 20.8 Å². The van der Waals surface area contributed by atoms with Gasteiger partial charge in [-0.1, -0.05) is 0 Å². The topological polar surface area (TPSA) is 97.8 Å². The zero-order chi connectivity index (χ0) is 14.6. The van der Waals surface area contributed by atoms with E-state index in [0.717, 1.165) is 0 Å². The number of anilines is 1. The largest absolute Gasteiger partial charge is 0.480 e. The van der Waals surface area contributed by atoms with Crippen molar-refractivity contribution < 1.29 is 24.2 Å². The minimum Gasteiger partial charge on any atom is -0.480 e. The average molecular weight is 268 g/mol. The molecule has 0 aliphatic carbocycles. The Morgan fingerprint density at radius 3 is 2.47 bits per heavy atom. The highest BCUT2D eigenvalue weighted by Crippen LogP contribution is 2.19. The second-order valence-corrected chi connectivity index (χ2v) is 4.71.